The predicted molar refractivity (Wildman–Crippen MR) is 149 cm³/mol. The molecule has 0 amide bonds. The fourth-order valence-electron chi connectivity index (χ4n) is 4.37. The highest BCUT2D eigenvalue weighted by Crippen LogP contribution is 2.47. The van der Waals surface area contributed by atoms with Gasteiger partial charge in [0.25, 0.3) is 0 Å². The van der Waals surface area contributed by atoms with E-state index in [1.165, 1.54) is 24.7 Å². The smallest absolute Gasteiger partial charge is 0.459 e. The first kappa shape index (κ1) is 30.8. The number of fused-ring (bicyclic) bond motifs is 1. The predicted octanol–water partition coefficient (Wildman–Crippen LogP) is 2.34. The Morgan fingerprint density at radius 1 is 1.24 bits per heavy atom. The number of ether oxygens (including phenoxy) is 2. The number of esters is 1. The Labute approximate surface area is 238 Å². The third-order valence-corrected chi connectivity index (χ3v) is 8.02. The summed E-state index contributed by atoms with van der Waals surface area (Å²) in [6.45, 7) is 7.55. The molecule has 3 N–H and O–H groups in total. The Morgan fingerprint density at radius 2 is 1.93 bits per heavy atom. The maximum atomic E-state index is 13.8. The van der Waals surface area contributed by atoms with E-state index in [0.29, 0.717) is 22.8 Å². The number of para-hydroxylation sites is 1. The number of hydrogen-bond acceptors (Lipinski definition) is 12. The molecule has 6 atom stereocenters. The van der Waals surface area contributed by atoms with Crippen molar-refractivity contribution < 1.29 is 38.1 Å². The second-order valence-corrected chi connectivity index (χ2v) is 12.2. The van der Waals surface area contributed by atoms with Crippen LogP contribution < -0.4 is 14.5 Å². The van der Waals surface area contributed by atoms with Crippen molar-refractivity contribution in [1.82, 2.24) is 24.6 Å². The lowest BCUT2D eigenvalue weighted by Gasteiger charge is -2.27. The van der Waals surface area contributed by atoms with E-state index in [-0.39, 0.29) is 11.9 Å². The van der Waals surface area contributed by atoms with E-state index < -0.39 is 50.4 Å². The molecule has 224 valence electrons. The quantitative estimate of drug-likeness (QED) is 0.219. The van der Waals surface area contributed by atoms with Crippen LogP contribution in [0.3, 0.4) is 0 Å². The molecule has 1 aliphatic rings. The number of aryl methyl sites for hydroxylation is 1. The van der Waals surface area contributed by atoms with Crippen LogP contribution in [0.2, 0.25) is 0 Å². The van der Waals surface area contributed by atoms with Gasteiger partial charge < -0.3 is 29.1 Å². The molecule has 0 radical (unpaired) electrons. The highest BCUT2D eigenvalue weighted by atomic mass is 31.2. The van der Waals surface area contributed by atoms with Gasteiger partial charge in [-0.25, -0.2) is 19.5 Å². The number of aromatic nitrogens is 4. The van der Waals surface area contributed by atoms with Gasteiger partial charge in [0.1, 0.15) is 35.4 Å². The Hall–Kier alpha value is -3.13. The maximum Gasteiger partial charge on any atom is 0.459 e. The van der Waals surface area contributed by atoms with Crippen LogP contribution in [-0.2, 0) is 23.4 Å². The van der Waals surface area contributed by atoms with Crippen LogP contribution in [0.25, 0.3) is 11.2 Å². The number of carbonyl (C=O) groups is 1. The summed E-state index contributed by atoms with van der Waals surface area (Å²) in [5.74, 6) is 0.639. The molecular formula is C26H37N6O8P. The lowest BCUT2D eigenvalue weighted by molar-refractivity contribution is -0.149. The van der Waals surface area contributed by atoms with Crippen molar-refractivity contribution in [2.45, 2.75) is 70.8 Å². The molecule has 0 bridgehead atoms. The van der Waals surface area contributed by atoms with Crippen molar-refractivity contribution >= 4 is 30.7 Å². The van der Waals surface area contributed by atoms with E-state index in [1.54, 1.807) is 56.0 Å². The molecule has 0 aliphatic carbocycles. The molecule has 0 spiro atoms. The Kier molecular flexibility index (Phi) is 9.02. The molecule has 1 saturated heterocycles. The summed E-state index contributed by atoms with van der Waals surface area (Å²) in [4.78, 5) is 27.5. The number of carbonyl (C=O) groups excluding carboxylic acids is 1. The van der Waals surface area contributed by atoms with Crippen molar-refractivity contribution in [3.05, 3.63) is 42.5 Å². The van der Waals surface area contributed by atoms with Crippen LogP contribution >= 0.6 is 7.75 Å². The standard InChI is InChI=1S/C26H37N6O8P/c1-15(2)38-24(34)16(3)30-41(36,40-18-11-9-8-10-12-18)37-13-19-21(33)26(5,35)25(39-19)32-14-27-20-22(31(6)7)28-17(4)29-23(20)32/h8-12,14-16,19,21,25,33,35H,13H2,1-7H3,(H,30,36)/t16-,19-,21-,25-,26-,41-/m1/s1. The summed E-state index contributed by atoms with van der Waals surface area (Å²) in [7, 11) is -0.575. The summed E-state index contributed by atoms with van der Waals surface area (Å²) in [5.41, 5.74) is -0.927. The van der Waals surface area contributed by atoms with Gasteiger partial charge in [-0.1, -0.05) is 18.2 Å². The van der Waals surface area contributed by atoms with Crippen molar-refractivity contribution in [3.63, 3.8) is 0 Å². The number of nitrogens with one attached hydrogen (secondary N) is 1. The number of rotatable bonds is 11. The fraction of sp³-hybridized carbons (Fsp3) is 0.538. The van der Waals surface area contributed by atoms with E-state index in [4.69, 9.17) is 18.5 Å². The first-order chi connectivity index (χ1) is 19.2. The highest BCUT2D eigenvalue weighted by Gasteiger charge is 2.54. The normalized spacial score (nSPS) is 24.8. The SMILES string of the molecule is Cc1nc(N(C)C)c2ncn([C@@H]3O[C@H](CO[P@](=O)(N[C@H](C)C(=O)OC(C)C)Oc4ccccc4)[C@@H](O)[C@@]3(C)O)c2n1. The maximum absolute atomic E-state index is 13.8. The van der Waals surface area contributed by atoms with Crippen molar-refractivity contribution in [2.24, 2.45) is 0 Å². The Bertz CT molecular complexity index is 1420. The van der Waals surface area contributed by atoms with Crippen LogP contribution in [0.15, 0.2) is 36.7 Å². The Morgan fingerprint density at radius 3 is 2.56 bits per heavy atom. The molecule has 0 saturated carbocycles. The lowest BCUT2D eigenvalue weighted by Crippen LogP contribution is -2.44. The summed E-state index contributed by atoms with van der Waals surface area (Å²) in [6.07, 6.45) is -2.66. The molecule has 1 fully saturated rings. The van der Waals surface area contributed by atoms with Gasteiger partial charge in [0.15, 0.2) is 23.2 Å². The van der Waals surface area contributed by atoms with Gasteiger partial charge in [0.2, 0.25) is 0 Å². The summed E-state index contributed by atoms with van der Waals surface area (Å²) in [5, 5.41) is 25.0. The van der Waals surface area contributed by atoms with Crippen LogP contribution in [-0.4, -0.2) is 86.4 Å². The zero-order valence-corrected chi connectivity index (χ0v) is 25.0. The summed E-state index contributed by atoms with van der Waals surface area (Å²) < 4.78 is 38.0. The van der Waals surface area contributed by atoms with Gasteiger partial charge in [0, 0.05) is 14.1 Å². The molecule has 14 nitrogen and oxygen atoms in total. The topological polar surface area (TPSA) is 170 Å². The minimum absolute atomic E-state index is 0.224. The highest BCUT2D eigenvalue weighted by molar-refractivity contribution is 7.52. The second kappa shape index (κ2) is 12.0. The van der Waals surface area contributed by atoms with E-state index >= 15 is 0 Å². The van der Waals surface area contributed by atoms with Gasteiger partial charge >= 0.3 is 13.7 Å². The number of benzene rings is 1. The largest absolute Gasteiger partial charge is 0.462 e. The van der Waals surface area contributed by atoms with E-state index in [2.05, 4.69) is 20.0 Å². The molecule has 3 aromatic rings. The van der Waals surface area contributed by atoms with Crippen LogP contribution in [0.4, 0.5) is 5.82 Å². The molecule has 15 heteroatoms. The van der Waals surface area contributed by atoms with Crippen molar-refractivity contribution in [1.29, 1.82) is 0 Å². The summed E-state index contributed by atoms with van der Waals surface area (Å²) >= 11 is 0. The third-order valence-electron chi connectivity index (χ3n) is 6.38. The monoisotopic (exact) mass is 592 g/mol. The van der Waals surface area contributed by atoms with Crippen LogP contribution in [0.1, 0.15) is 39.7 Å². The number of aliphatic hydroxyl groups is 2. The molecule has 1 aromatic carbocycles. The number of anilines is 1. The lowest BCUT2D eigenvalue weighted by atomic mass is 9.96. The number of hydrogen-bond donors (Lipinski definition) is 3. The average molecular weight is 593 g/mol. The van der Waals surface area contributed by atoms with E-state index in [1.807, 2.05) is 14.1 Å². The van der Waals surface area contributed by atoms with Crippen molar-refractivity contribution in [2.75, 3.05) is 25.6 Å². The first-order valence-electron chi connectivity index (χ1n) is 13.1. The fourth-order valence-corrected chi connectivity index (χ4v) is 5.88. The Balaban J connectivity index is 1.57. The second-order valence-electron chi connectivity index (χ2n) is 10.5. The molecule has 3 heterocycles. The number of imidazole rings is 1. The third kappa shape index (κ3) is 6.69. The molecular weight excluding hydrogens is 555 g/mol. The minimum Gasteiger partial charge on any atom is -0.462 e. The zero-order valence-electron chi connectivity index (χ0n) is 24.1. The van der Waals surface area contributed by atoms with Gasteiger partial charge in [0.05, 0.1) is 19.0 Å². The molecule has 1 aliphatic heterocycles. The van der Waals surface area contributed by atoms with Gasteiger partial charge in [-0.15, -0.1) is 0 Å². The van der Waals surface area contributed by atoms with Gasteiger partial charge in [-0.3, -0.25) is 13.9 Å². The van der Waals surface area contributed by atoms with Crippen LogP contribution in [0, 0.1) is 6.92 Å². The number of aliphatic hydroxyl groups excluding tert-OH is 1. The zero-order chi connectivity index (χ0) is 30.1. The first-order valence-corrected chi connectivity index (χ1v) is 14.7. The summed E-state index contributed by atoms with van der Waals surface area (Å²) in [6, 6.07) is 7.23. The number of nitrogens with zero attached hydrogens (tertiary/aromatic N) is 5. The minimum atomic E-state index is -4.23. The van der Waals surface area contributed by atoms with Crippen molar-refractivity contribution in [3.8, 4) is 5.75 Å². The van der Waals surface area contributed by atoms with Crippen LogP contribution in [0.5, 0.6) is 5.75 Å². The molecule has 0 unspecified atom stereocenters. The molecule has 4 rings (SSSR count). The molecule has 2 aromatic heterocycles. The van der Waals surface area contributed by atoms with Gasteiger partial charge in [-0.2, -0.15) is 5.09 Å². The van der Waals surface area contributed by atoms with E-state index in [0.717, 1.165) is 0 Å². The van der Waals surface area contributed by atoms with E-state index in [9.17, 15) is 19.6 Å². The molecule has 41 heavy (non-hydrogen) atoms. The van der Waals surface area contributed by atoms with Gasteiger partial charge in [-0.05, 0) is 46.8 Å². The average Bonchev–Trinajstić information content (AvgIpc) is 3.40.